The van der Waals surface area contributed by atoms with Crippen molar-refractivity contribution in [3.05, 3.63) is 0 Å². The van der Waals surface area contributed by atoms with Gasteiger partial charge in [0.05, 0.1) is 13.0 Å². The number of hydrogen-bond acceptors (Lipinski definition) is 4. The van der Waals surface area contributed by atoms with Crippen LogP contribution < -0.4 is 10.6 Å². The Labute approximate surface area is 106 Å². The second-order valence-electron chi connectivity index (χ2n) is 3.63. The number of carbonyl (C=O) groups is 3. The fraction of sp³-hybridized carbons (Fsp3) is 0.727. The Hall–Kier alpha value is -1.79. The quantitative estimate of drug-likeness (QED) is 0.551. The fourth-order valence-corrected chi connectivity index (χ4v) is 1.27. The predicted octanol–water partition coefficient (Wildman–Crippen LogP) is 0.492. The molecule has 18 heavy (non-hydrogen) atoms. The molecule has 1 unspecified atom stereocenters. The maximum absolute atomic E-state index is 11.3. The predicted molar refractivity (Wildman–Crippen MR) is 64.1 cm³/mol. The molecule has 0 aliphatic carbocycles. The summed E-state index contributed by atoms with van der Waals surface area (Å²) in [5.41, 5.74) is 0. The minimum atomic E-state index is -1.07. The van der Waals surface area contributed by atoms with Gasteiger partial charge in [-0.15, -0.1) is 0 Å². The molecule has 2 amide bonds. The van der Waals surface area contributed by atoms with Gasteiger partial charge in [-0.05, 0) is 13.3 Å². The van der Waals surface area contributed by atoms with Gasteiger partial charge in [0.1, 0.15) is 6.04 Å². The van der Waals surface area contributed by atoms with Crippen molar-refractivity contribution in [3.8, 4) is 0 Å². The summed E-state index contributed by atoms with van der Waals surface area (Å²) in [7, 11) is 0. The van der Waals surface area contributed by atoms with Gasteiger partial charge in [0.2, 0.25) is 0 Å². The summed E-state index contributed by atoms with van der Waals surface area (Å²) in [6.07, 6.45) is 1.08. The van der Waals surface area contributed by atoms with Gasteiger partial charge in [-0.2, -0.15) is 0 Å². The van der Waals surface area contributed by atoms with E-state index in [4.69, 9.17) is 5.11 Å². The number of urea groups is 1. The number of rotatable bonds is 8. The summed E-state index contributed by atoms with van der Waals surface area (Å²) in [6.45, 7) is 3.93. The smallest absolute Gasteiger partial charge is 0.326 e. The number of ether oxygens (including phenoxy) is 1. The van der Waals surface area contributed by atoms with E-state index in [0.29, 0.717) is 19.4 Å². The average Bonchev–Trinajstić information content (AvgIpc) is 2.28. The second-order valence-corrected chi connectivity index (χ2v) is 3.63. The Bertz CT molecular complexity index is 293. The molecule has 0 aliphatic rings. The highest BCUT2D eigenvalue weighted by molar-refractivity contribution is 5.82. The van der Waals surface area contributed by atoms with Crippen LogP contribution in [0.1, 0.15) is 33.1 Å². The van der Waals surface area contributed by atoms with Gasteiger partial charge in [0.15, 0.2) is 0 Å². The first-order valence-electron chi connectivity index (χ1n) is 5.94. The van der Waals surface area contributed by atoms with Crippen LogP contribution in [0.4, 0.5) is 4.79 Å². The van der Waals surface area contributed by atoms with Gasteiger partial charge in [0.25, 0.3) is 0 Å². The highest BCUT2D eigenvalue weighted by Gasteiger charge is 2.18. The summed E-state index contributed by atoms with van der Waals surface area (Å²) < 4.78 is 4.68. The Morgan fingerprint density at radius 3 is 2.44 bits per heavy atom. The lowest BCUT2D eigenvalue weighted by atomic mass is 10.2. The molecule has 1 atom stereocenters. The molecule has 0 aromatic heterocycles. The van der Waals surface area contributed by atoms with E-state index >= 15 is 0 Å². The lowest BCUT2D eigenvalue weighted by molar-refractivity contribution is -0.143. The minimum Gasteiger partial charge on any atom is -0.480 e. The molecule has 0 bridgehead atoms. The third kappa shape index (κ3) is 7.48. The standard InChI is InChI=1S/C11H20N2O5/c1-3-5-8(10(15)16)13-11(17)12-7-6-9(14)18-4-2/h8H,3-7H2,1-2H3,(H,15,16)(H2,12,13,17). The Kier molecular flexibility index (Phi) is 8.34. The molecule has 0 radical (unpaired) electrons. The van der Waals surface area contributed by atoms with Gasteiger partial charge in [-0.1, -0.05) is 13.3 Å². The molecule has 3 N–H and O–H groups in total. The van der Waals surface area contributed by atoms with Crippen molar-refractivity contribution < 1.29 is 24.2 Å². The minimum absolute atomic E-state index is 0.0623. The topological polar surface area (TPSA) is 105 Å². The summed E-state index contributed by atoms with van der Waals surface area (Å²) in [6, 6.07) is -1.50. The molecule has 7 heteroatoms. The van der Waals surface area contributed by atoms with Crippen LogP contribution in [-0.4, -0.2) is 42.3 Å². The Morgan fingerprint density at radius 1 is 1.28 bits per heavy atom. The average molecular weight is 260 g/mol. The fourth-order valence-electron chi connectivity index (χ4n) is 1.27. The third-order valence-electron chi connectivity index (χ3n) is 2.10. The maximum atomic E-state index is 11.3. The number of hydrogen-bond donors (Lipinski definition) is 3. The Balaban J connectivity index is 3.88. The number of carboxylic acids is 1. The van der Waals surface area contributed by atoms with Crippen LogP contribution in [0, 0.1) is 0 Å². The van der Waals surface area contributed by atoms with Crippen LogP contribution >= 0.6 is 0 Å². The molecule has 0 heterocycles. The van der Waals surface area contributed by atoms with Crippen LogP contribution in [0.25, 0.3) is 0 Å². The van der Waals surface area contributed by atoms with E-state index in [1.807, 2.05) is 6.92 Å². The number of esters is 1. The highest BCUT2D eigenvalue weighted by Crippen LogP contribution is 1.96. The molecule has 0 saturated heterocycles. The lowest BCUT2D eigenvalue weighted by Gasteiger charge is -2.14. The monoisotopic (exact) mass is 260 g/mol. The molecule has 0 aliphatic heterocycles. The highest BCUT2D eigenvalue weighted by atomic mass is 16.5. The van der Waals surface area contributed by atoms with Crippen molar-refractivity contribution in [2.24, 2.45) is 0 Å². The first-order chi connectivity index (χ1) is 8.51. The van der Waals surface area contributed by atoms with E-state index in [-0.39, 0.29) is 13.0 Å². The second kappa shape index (κ2) is 9.26. The lowest BCUT2D eigenvalue weighted by Crippen LogP contribution is -2.46. The maximum Gasteiger partial charge on any atom is 0.326 e. The number of carbonyl (C=O) groups excluding carboxylic acids is 2. The molecule has 0 saturated carbocycles. The van der Waals surface area contributed by atoms with E-state index < -0.39 is 24.0 Å². The van der Waals surface area contributed by atoms with Crippen molar-refractivity contribution in [1.82, 2.24) is 10.6 Å². The van der Waals surface area contributed by atoms with Gasteiger partial charge in [-0.25, -0.2) is 9.59 Å². The summed E-state index contributed by atoms with van der Waals surface area (Å²) in [5.74, 6) is -1.47. The molecule has 0 aromatic carbocycles. The summed E-state index contributed by atoms with van der Waals surface area (Å²) >= 11 is 0. The van der Waals surface area contributed by atoms with Gasteiger partial charge >= 0.3 is 18.0 Å². The molecule has 104 valence electrons. The Morgan fingerprint density at radius 2 is 1.94 bits per heavy atom. The molecule has 7 nitrogen and oxygen atoms in total. The number of amides is 2. The molecular formula is C11H20N2O5. The molecule has 0 rings (SSSR count). The van der Waals surface area contributed by atoms with Crippen LogP contribution in [0.5, 0.6) is 0 Å². The van der Waals surface area contributed by atoms with Crippen molar-refractivity contribution in [3.63, 3.8) is 0 Å². The van der Waals surface area contributed by atoms with Crippen molar-refractivity contribution in [2.45, 2.75) is 39.2 Å². The van der Waals surface area contributed by atoms with Crippen molar-refractivity contribution in [1.29, 1.82) is 0 Å². The SMILES string of the molecule is CCCC(NC(=O)NCCC(=O)OCC)C(=O)O. The van der Waals surface area contributed by atoms with E-state index in [1.165, 1.54) is 0 Å². The summed E-state index contributed by atoms with van der Waals surface area (Å²) in [5, 5.41) is 13.5. The zero-order valence-corrected chi connectivity index (χ0v) is 10.7. The molecule has 0 fully saturated rings. The van der Waals surface area contributed by atoms with Crippen molar-refractivity contribution >= 4 is 18.0 Å². The zero-order valence-electron chi connectivity index (χ0n) is 10.7. The first-order valence-corrected chi connectivity index (χ1v) is 5.94. The van der Waals surface area contributed by atoms with Gasteiger partial charge in [0, 0.05) is 6.54 Å². The molecular weight excluding hydrogens is 240 g/mol. The normalized spacial score (nSPS) is 11.4. The summed E-state index contributed by atoms with van der Waals surface area (Å²) in [4.78, 5) is 33.1. The number of aliphatic carboxylic acids is 1. The largest absolute Gasteiger partial charge is 0.480 e. The van der Waals surface area contributed by atoms with E-state index in [9.17, 15) is 14.4 Å². The third-order valence-corrected chi connectivity index (χ3v) is 2.10. The van der Waals surface area contributed by atoms with Crippen LogP contribution in [0.15, 0.2) is 0 Å². The number of nitrogens with one attached hydrogen (secondary N) is 2. The van der Waals surface area contributed by atoms with Crippen LogP contribution in [-0.2, 0) is 14.3 Å². The van der Waals surface area contributed by atoms with Gasteiger partial charge in [-0.3, -0.25) is 4.79 Å². The van der Waals surface area contributed by atoms with Crippen LogP contribution in [0.3, 0.4) is 0 Å². The molecule has 0 aromatic rings. The first kappa shape index (κ1) is 16.2. The van der Waals surface area contributed by atoms with Crippen LogP contribution in [0.2, 0.25) is 0 Å². The van der Waals surface area contributed by atoms with E-state index in [2.05, 4.69) is 15.4 Å². The van der Waals surface area contributed by atoms with E-state index in [0.717, 1.165) is 0 Å². The van der Waals surface area contributed by atoms with Gasteiger partial charge < -0.3 is 20.5 Å². The van der Waals surface area contributed by atoms with Crippen molar-refractivity contribution in [2.75, 3.05) is 13.2 Å². The van der Waals surface area contributed by atoms with E-state index in [1.54, 1.807) is 6.92 Å². The zero-order chi connectivity index (χ0) is 14.0. The number of carboxylic acid groups (broad SMARTS) is 1. The molecule has 0 spiro atoms.